The average molecular weight is 447 g/mol. The molecule has 1 fully saturated rings. The van der Waals surface area contributed by atoms with E-state index in [0.717, 1.165) is 35.2 Å². The van der Waals surface area contributed by atoms with Crippen LogP contribution in [0.3, 0.4) is 0 Å². The zero-order valence-electron chi connectivity index (χ0n) is 17.6. The second-order valence-corrected chi connectivity index (χ2v) is 8.53. The predicted molar refractivity (Wildman–Crippen MR) is 121 cm³/mol. The average Bonchev–Trinajstić information content (AvgIpc) is 3.50. The Morgan fingerprint density at radius 3 is 2.47 bits per heavy atom. The molecule has 0 aliphatic carbocycles. The summed E-state index contributed by atoms with van der Waals surface area (Å²) >= 11 is 1.39. The Morgan fingerprint density at radius 2 is 1.78 bits per heavy atom. The standard InChI is InChI=1S/C23H22N6O2S/c1-28-14-18(13-26-28)17-11-24-23(25-12-17)31-19-7-9-29(10-8-19)22(30)21-27-20(15-32-21)16-5-3-2-4-6-16/h2-6,11-15,19H,7-10H2,1H3. The van der Waals surface area contributed by atoms with E-state index in [1.54, 1.807) is 23.3 Å². The zero-order chi connectivity index (χ0) is 21.9. The highest BCUT2D eigenvalue weighted by atomic mass is 32.1. The highest BCUT2D eigenvalue weighted by Gasteiger charge is 2.27. The normalized spacial score (nSPS) is 14.5. The maximum atomic E-state index is 12.9. The highest BCUT2D eigenvalue weighted by molar-refractivity contribution is 7.12. The number of aromatic nitrogens is 5. The number of ether oxygens (including phenoxy) is 1. The quantitative estimate of drug-likeness (QED) is 0.465. The molecule has 1 aliphatic rings. The molecule has 5 rings (SSSR count). The summed E-state index contributed by atoms with van der Waals surface area (Å²) in [7, 11) is 1.87. The van der Waals surface area contributed by atoms with Crippen LogP contribution in [0, 0.1) is 0 Å². The van der Waals surface area contributed by atoms with Gasteiger partial charge >= 0.3 is 6.01 Å². The lowest BCUT2D eigenvalue weighted by Gasteiger charge is -2.31. The van der Waals surface area contributed by atoms with Crippen LogP contribution in [0.25, 0.3) is 22.4 Å². The molecular weight excluding hydrogens is 424 g/mol. The first kappa shape index (κ1) is 20.3. The van der Waals surface area contributed by atoms with Crippen molar-refractivity contribution in [3.05, 3.63) is 65.5 Å². The van der Waals surface area contributed by atoms with E-state index >= 15 is 0 Å². The molecule has 0 radical (unpaired) electrons. The summed E-state index contributed by atoms with van der Waals surface area (Å²) in [5.74, 6) is -0.0206. The Hall–Kier alpha value is -3.59. The van der Waals surface area contributed by atoms with Crippen LogP contribution in [0.2, 0.25) is 0 Å². The minimum absolute atomic E-state index is 0.0144. The molecule has 0 N–H and O–H groups in total. The van der Waals surface area contributed by atoms with Crippen molar-refractivity contribution in [1.29, 1.82) is 0 Å². The Labute approximate surface area is 189 Å². The van der Waals surface area contributed by atoms with Crippen LogP contribution >= 0.6 is 11.3 Å². The minimum Gasteiger partial charge on any atom is -0.460 e. The van der Waals surface area contributed by atoms with Crippen LogP contribution < -0.4 is 4.74 Å². The molecule has 1 aliphatic heterocycles. The molecule has 4 heterocycles. The molecule has 0 saturated carbocycles. The summed E-state index contributed by atoms with van der Waals surface area (Å²) in [5.41, 5.74) is 3.71. The van der Waals surface area contributed by atoms with Gasteiger partial charge in [0.25, 0.3) is 5.91 Å². The second-order valence-electron chi connectivity index (χ2n) is 7.67. The first-order valence-electron chi connectivity index (χ1n) is 10.4. The van der Waals surface area contributed by atoms with Gasteiger partial charge in [0, 0.05) is 73.6 Å². The zero-order valence-corrected chi connectivity index (χ0v) is 18.4. The molecule has 8 nitrogen and oxygen atoms in total. The van der Waals surface area contributed by atoms with Crippen molar-refractivity contribution in [2.75, 3.05) is 13.1 Å². The van der Waals surface area contributed by atoms with E-state index in [0.29, 0.717) is 24.1 Å². The molecule has 162 valence electrons. The molecule has 0 bridgehead atoms. The number of carbonyl (C=O) groups is 1. The molecule has 0 atom stereocenters. The van der Waals surface area contributed by atoms with Crippen molar-refractivity contribution in [3.8, 4) is 28.4 Å². The fourth-order valence-corrected chi connectivity index (χ4v) is 4.46. The van der Waals surface area contributed by atoms with Gasteiger partial charge in [-0.05, 0) is 0 Å². The van der Waals surface area contributed by atoms with Gasteiger partial charge in [0.2, 0.25) is 0 Å². The first-order chi connectivity index (χ1) is 15.7. The number of benzene rings is 1. The van der Waals surface area contributed by atoms with Gasteiger partial charge in [-0.25, -0.2) is 15.0 Å². The maximum Gasteiger partial charge on any atom is 0.316 e. The molecule has 9 heteroatoms. The third-order valence-electron chi connectivity index (χ3n) is 5.42. The molecule has 0 spiro atoms. The van der Waals surface area contributed by atoms with Gasteiger partial charge in [-0.2, -0.15) is 5.10 Å². The fraction of sp³-hybridized carbons (Fsp3) is 0.261. The van der Waals surface area contributed by atoms with E-state index in [1.807, 2.05) is 53.9 Å². The predicted octanol–water partition coefficient (Wildman–Crippen LogP) is 3.68. The van der Waals surface area contributed by atoms with Crippen LogP contribution in [-0.2, 0) is 7.05 Å². The Morgan fingerprint density at radius 1 is 1.03 bits per heavy atom. The molecule has 4 aromatic rings. The van der Waals surface area contributed by atoms with Crippen molar-refractivity contribution in [2.24, 2.45) is 7.05 Å². The van der Waals surface area contributed by atoms with Gasteiger partial charge in [-0.3, -0.25) is 9.48 Å². The third-order valence-corrected chi connectivity index (χ3v) is 6.25. The number of likely N-dealkylation sites (tertiary alicyclic amines) is 1. The van der Waals surface area contributed by atoms with Gasteiger partial charge in [-0.15, -0.1) is 11.3 Å². The van der Waals surface area contributed by atoms with Gasteiger partial charge in [0.15, 0.2) is 5.01 Å². The van der Waals surface area contributed by atoms with Crippen molar-refractivity contribution in [1.82, 2.24) is 29.6 Å². The number of thiazole rings is 1. The molecule has 1 saturated heterocycles. The molecular formula is C23H22N6O2S. The summed E-state index contributed by atoms with van der Waals surface area (Å²) in [6.45, 7) is 1.25. The van der Waals surface area contributed by atoms with Crippen molar-refractivity contribution < 1.29 is 9.53 Å². The lowest BCUT2D eigenvalue weighted by molar-refractivity contribution is 0.0578. The fourth-order valence-electron chi connectivity index (χ4n) is 3.67. The monoisotopic (exact) mass is 446 g/mol. The lowest BCUT2D eigenvalue weighted by atomic mass is 10.1. The SMILES string of the molecule is Cn1cc(-c2cnc(OC3CCN(C(=O)c4nc(-c5ccccc5)cs4)CC3)nc2)cn1. The van der Waals surface area contributed by atoms with Gasteiger partial charge < -0.3 is 9.64 Å². The maximum absolute atomic E-state index is 12.9. The highest BCUT2D eigenvalue weighted by Crippen LogP contribution is 2.24. The lowest BCUT2D eigenvalue weighted by Crippen LogP contribution is -2.41. The van der Waals surface area contributed by atoms with E-state index < -0.39 is 0 Å². The molecule has 3 aromatic heterocycles. The van der Waals surface area contributed by atoms with Gasteiger partial charge in [-0.1, -0.05) is 30.3 Å². The number of rotatable bonds is 5. The molecule has 1 aromatic carbocycles. The van der Waals surface area contributed by atoms with Crippen molar-refractivity contribution >= 4 is 17.2 Å². The van der Waals surface area contributed by atoms with Crippen LogP contribution in [0.15, 0.2) is 60.5 Å². The first-order valence-corrected chi connectivity index (χ1v) is 11.3. The largest absolute Gasteiger partial charge is 0.460 e. The van der Waals surface area contributed by atoms with Crippen LogP contribution in [0.5, 0.6) is 6.01 Å². The molecule has 0 unspecified atom stereocenters. The summed E-state index contributed by atoms with van der Waals surface area (Å²) < 4.78 is 7.69. The third kappa shape index (κ3) is 4.38. The topological polar surface area (TPSA) is 86.0 Å². The van der Waals surface area contributed by atoms with E-state index in [2.05, 4.69) is 20.1 Å². The van der Waals surface area contributed by atoms with Crippen molar-refractivity contribution in [2.45, 2.75) is 18.9 Å². The number of aryl methyl sites for hydroxylation is 1. The van der Waals surface area contributed by atoms with Crippen molar-refractivity contribution in [3.63, 3.8) is 0 Å². The Balaban J connectivity index is 1.16. The number of hydrogen-bond donors (Lipinski definition) is 0. The van der Waals surface area contributed by atoms with Gasteiger partial charge in [0.1, 0.15) is 6.10 Å². The summed E-state index contributed by atoms with van der Waals surface area (Å²) in [5, 5.41) is 6.62. The van der Waals surface area contributed by atoms with Crippen LogP contribution in [0.1, 0.15) is 22.6 Å². The van der Waals surface area contributed by atoms with E-state index in [4.69, 9.17) is 4.74 Å². The summed E-state index contributed by atoms with van der Waals surface area (Å²) in [6.07, 6.45) is 8.62. The number of carbonyl (C=O) groups excluding carboxylic acids is 1. The van der Waals surface area contributed by atoms with Crippen LogP contribution in [-0.4, -0.2) is 54.7 Å². The second kappa shape index (κ2) is 8.88. The van der Waals surface area contributed by atoms with Gasteiger partial charge in [0.05, 0.1) is 11.9 Å². The van der Waals surface area contributed by atoms with Crippen LogP contribution in [0.4, 0.5) is 0 Å². The molecule has 1 amide bonds. The summed E-state index contributed by atoms with van der Waals surface area (Å²) in [4.78, 5) is 27.9. The Kier molecular flexibility index (Phi) is 5.64. The van der Waals surface area contributed by atoms with E-state index in [1.165, 1.54) is 11.3 Å². The number of hydrogen-bond acceptors (Lipinski definition) is 7. The summed E-state index contributed by atoms with van der Waals surface area (Å²) in [6, 6.07) is 10.3. The number of piperidine rings is 1. The van der Waals surface area contributed by atoms with E-state index in [-0.39, 0.29) is 12.0 Å². The number of amides is 1. The smallest absolute Gasteiger partial charge is 0.316 e. The molecule has 32 heavy (non-hydrogen) atoms. The number of nitrogens with zero attached hydrogens (tertiary/aromatic N) is 6. The van der Waals surface area contributed by atoms with E-state index in [9.17, 15) is 4.79 Å². The minimum atomic E-state index is -0.0206. The Bertz CT molecular complexity index is 1200.